The fourth-order valence-corrected chi connectivity index (χ4v) is 2.53. The van der Waals surface area contributed by atoms with Crippen molar-refractivity contribution < 1.29 is 4.79 Å². The van der Waals surface area contributed by atoms with Crippen molar-refractivity contribution in [3.8, 4) is 0 Å². The second kappa shape index (κ2) is 4.52. The molecule has 2 N–H and O–H groups in total. The van der Waals surface area contributed by atoms with Gasteiger partial charge in [-0.25, -0.2) is 0 Å². The lowest BCUT2D eigenvalue weighted by Gasteiger charge is -2.39. The molecule has 0 radical (unpaired) electrons. The van der Waals surface area contributed by atoms with Crippen LogP contribution in [0.3, 0.4) is 0 Å². The van der Waals surface area contributed by atoms with Crippen molar-refractivity contribution in [1.29, 1.82) is 0 Å². The molecule has 86 valence electrons. The van der Waals surface area contributed by atoms with Crippen LogP contribution in [-0.2, 0) is 4.79 Å². The summed E-state index contributed by atoms with van der Waals surface area (Å²) < 4.78 is 0. The van der Waals surface area contributed by atoms with E-state index in [2.05, 4.69) is 17.6 Å². The highest BCUT2D eigenvalue weighted by Gasteiger charge is 2.31. The predicted octanol–water partition coefficient (Wildman–Crippen LogP) is 1.58. The van der Waals surface area contributed by atoms with Gasteiger partial charge in [0, 0.05) is 11.6 Å². The van der Waals surface area contributed by atoms with Gasteiger partial charge in [0.05, 0.1) is 6.54 Å². The molecular formula is C12H22N2O. The summed E-state index contributed by atoms with van der Waals surface area (Å²) in [5.74, 6) is 0.176. The van der Waals surface area contributed by atoms with E-state index in [0.717, 1.165) is 0 Å². The molecule has 2 rings (SSSR count). The number of nitrogens with one attached hydrogen (secondary N) is 2. The van der Waals surface area contributed by atoms with E-state index in [1.807, 2.05) is 0 Å². The van der Waals surface area contributed by atoms with Crippen molar-refractivity contribution in [3.63, 3.8) is 0 Å². The Morgan fingerprint density at radius 1 is 1.27 bits per heavy atom. The molecular weight excluding hydrogens is 188 g/mol. The summed E-state index contributed by atoms with van der Waals surface area (Å²) in [6, 6.07) is 0.452. The summed E-state index contributed by atoms with van der Waals surface area (Å²) >= 11 is 0. The molecule has 2 fully saturated rings. The Morgan fingerprint density at radius 3 is 2.47 bits per heavy atom. The molecule has 3 heteroatoms. The Hall–Kier alpha value is -0.570. The highest BCUT2D eigenvalue weighted by Crippen LogP contribution is 2.30. The van der Waals surface area contributed by atoms with Gasteiger partial charge in [-0.1, -0.05) is 12.8 Å². The lowest BCUT2D eigenvalue weighted by atomic mass is 9.78. The monoisotopic (exact) mass is 210 g/mol. The molecule has 0 saturated heterocycles. The van der Waals surface area contributed by atoms with Gasteiger partial charge in [-0.15, -0.1) is 0 Å². The van der Waals surface area contributed by atoms with E-state index in [4.69, 9.17) is 0 Å². The Labute approximate surface area is 92.0 Å². The second-order valence-corrected chi connectivity index (χ2v) is 5.32. The third-order valence-corrected chi connectivity index (χ3v) is 3.85. The molecule has 3 nitrogen and oxygen atoms in total. The van der Waals surface area contributed by atoms with E-state index in [1.54, 1.807) is 0 Å². The molecule has 0 heterocycles. The summed E-state index contributed by atoms with van der Waals surface area (Å²) in [7, 11) is 0. The highest BCUT2D eigenvalue weighted by molar-refractivity contribution is 5.78. The van der Waals surface area contributed by atoms with Crippen LogP contribution in [0.4, 0.5) is 0 Å². The van der Waals surface area contributed by atoms with Crippen LogP contribution >= 0.6 is 0 Å². The van der Waals surface area contributed by atoms with E-state index in [1.165, 1.54) is 44.9 Å². The van der Waals surface area contributed by atoms with E-state index in [9.17, 15) is 4.79 Å². The van der Waals surface area contributed by atoms with Crippen LogP contribution in [0.2, 0.25) is 0 Å². The average Bonchev–Trinajstić information content (AvgIpc) is 2.64. The predicted molar refractivity (Wildman–Crippen MR) is 60.7 cm³/mol. The van der Waals surface area contributed by atoms with Gasteiger partial charge < -0.3 is 10.6 Å². The van der Waals surface area contributed by atoms with Crippen molar-refractivity contribution in [1.82, 2.24) is 10.6 Å². The van der Waals surface area contributed by atoms with Gasteiger partial charge in [-0.05, 0) is 39.0 Å². The minimum Gasteiger partial charge on any atom is -0.352 e. The topological polar surface area (TPSA) is 41.1 Å². The minimum atomic E-state index is 0.176. The SMILES string of the molecule is CC1(NCC(=O)NC2CCCC2)CCC1. The number of carbonyl (C=O) groups is 1. The summed E-state index contributed by atoms with van der Waals surface area (Å²) in [6.45, 7) is 2.70. The minimum absolute atomic E-state index is 0.176. The van der Waals surface area contributed by atoms with Gasteiger partial charge in [-0.2, -0.15) is 0 Å². The molecule has 15 heavy (non-hydrogen) atoms. The highest BCUT2D eigenvalue weighted by atomic mass is 16.2. The zero-order valence-corrected chi connectivity index (χ0v) is 9.64. The number of hydrogen-bond acceptors (Lipinski definition) is 2. The fourth-order valence-electron chi connectivity index (χ4n) is 2.53. The first-order chi connectivity index (χ1) is 7.18. The van der Waals surface area contributed by atoms with Gasteiger partial charge in [0.15, 0.2) is 0 Å². The van der Waals surface area contributed by atoms with Crippen LogP contribution in [0.1, 0.15) is 51.9 Å². The van der Waals surface area contributed by atoms with Crippen LogP contribution in [0.15, 0.2) is 0 Å². The fraction of sp³-hybridized carbons (Fsp3) is 0.917. The zero-order valence-electron chi connectivity index (χ0n) is 9.64. The maximum Gasteiger partial charge on any atom is 0.234 e. The van der Waals surface area contributed by atoms with Gasteiger partial charge in [0.2, 0.25) is 5.91 Å². The molecule has 0 aromatic heterocycles. The molecule has 0 aromatic rings. The summed E-state index contributed by atoms with van der Waals surface area (Å²) in [5, 5.41) is 6.46. The number of carbonyl (C=O) groups excluding carboxylic acids is 1. The van der Waals surface area contributed by atoms with E-state index >= 15 is 0 Å². The van der Waals surface area contributed by atoms with E-state index < -0.39 is 0 Å². The van der Waals surface area contributed by atoms with Gasteiger partial charge in [-0.3, -0.25) is 4.79 Å². The van der Waals surface area contributed by atoms with Crippen LogP contribution in [-0.4, -0.2) is 24.0 Å². The van der Waals surface area contributed by atoms with E-state index in [-0.39, 0.29) is 11.4 Å². The van der Waals surface area contributed by atoms with Crippen LogP contribution in [0.5, 0.6) is 0 Å². The Kier molecular flexibility index (Phi) is 3.29. The molecule has 0 unspecified atom stereocenters. The van der Waals surface area contributed by atoms with Crippen molar-refractivity contribution >= 4 is 5.91 Å². The van der Waals surface area contributed by atoms with Crippen molar-refractivity contribution in [2.45, 2.75) is 63.5 Å². The van der Waals surface area contributed by atoms with Gasteiger partial charge >= 0.3 is 0 Å². The summed E-state index contributed by atoms with van der Waals surface area (Å²) in [5.41, 5.74) is 0.243. The molecule has 0 aromatic carbocycles. The zero-order chi connectivity index (χ0) is 10.7. The molecule has 0 aliphatic heterocycles. The third kappa shape index (κ3) is 2.94. The molecule has 1 amide bonds. The molecule has 0 bridgehead atoms. The van der Waals surface area contributed by atoms with E-state index in [0.29, 0.717) is 12.6 Å². The maximum absolute atomic E-state index is 11.6. The average molecular weight is 210 g/mol. The molecule has 2 saturated carbocycles. The largest absolute Gasteiger partial charge is 0.352 e. The molecule has 2 aliphatic carbocycles. The van der Waals surface area contributed by atoms with Gasteiger partial charge in [0.25, 0.3) is 0 Å². The second-order valence-electron chi connectivity index (χ2n) is 5.32. The maximum atomic E-state index is 11.6. The first kappa shape index (κ1) is 10.9. The first-order valence-electron chi connectivity index (χ1n) is 6.22. The lowest BCUT2D eigenvalue weighted by molar-refractivity contribution is -0.121. The number of rotatable bonds is 4. The molecule has 0 atom stereocenters. The molecule has 2 aliphatic rings. The van der Waals surface area contributed by atoms with Crippen molar-refractivity contribution in [2.24, 2.45) is 0 Å². The normalized spacial score (nSPS) is 24.9. The number of hydrogen-bond donors (Lipinski definition) is 2. The van der Waals surface area contributed by atoms with Crippen LogP contribution < -0.4 is 10.6 Å². The van der Waals surface area contributed by atoms with Crippen molar-refractivity contribution in [3.05, 3.63) is 0 Å². The number of amides is 1. The van der Waals surface area contributed by atoms with Gasteiger partial charge in [0.1, 0.15) is 0 Å². The molecule has 0 spiro atoms. The first-order valence-corrected chi connectivity index (χ1v) is 6.22. The standard InChI is InChI=1S/C12H22N2O/c1-12(7-4-8-12)13-9-11(15)14-10-5-2-3-6-10/h10,13H,2-9H2,1H3,(H,14,15). The van der Waals surface area contributed by atoms with Crippen LogP contribution in [0, 0.1) is 0 Å². The lowest BCUT2D eigenvalue weighted by Crippen LogP contribution is -2.52. The quantitative estimate of drug-likeness (QED) is 0.739. The van der Waals surface area contributed by atoms with Crippen LogP contribution in [0.25, 0.3) is 0 Å². The smallest absolute Gasteiger partial charge is 0.234 e. The summed E-state index contributed by atoms with van der Waals surface area (Å²) in [4.78, 5) is 11.6. The Morgan fingerprint density at radius 2 is 1.93 bits per heavy atom. The Balaban J connectivity index is 1.63. The Bertz CT molecular complexity index is 230. The van der Waals surface area contributed by atoms with Crippen molar-refractivity contribution in [2.75, 3.05) is 6.54 Å². The third-order valence-electron chi connectivity index (χ3n) is 3.85. The summed E-state index contributed by atoms with van der Waals surface area (Å²) in [6.07, 6.45) is 8.61.